The van der Waals surface area contributed by atoms with E-state index in [9.17, 15) is 14.9 Å². The van der Waals surface area contributed by atoms with Gasteiger partial charge >= 0.3 is 0 Å². The Morgan fingerprint density at radius 3 is 2.42 bits per heavy atom. The van der Waals surface area contributed by atoms with E-state index in [2.05, 4.69) is 16.7 Å². The molecule has 6 nitrogen and oxygen atoms in total. The molecule has 2 amide bonds. The van der Waals surface area contributed by atoms with Gasteiger partial charge < -0.3 is 15.4 Å². The minimum absolute atomic E-state index is 0.147. The maximum Gasteiger partial charge on any atom is 0.240 e. The number of nitriles is 1. The average molecular weight is 267 g/mol. The summed E-state index contributed by atoms with van der Waals surface area (Å²) in [6.45, 7) is 4.53. The van der Waals surface area contributed by atoms with Gasteiger partial charge in [0.1, 0.15) is 5.41 Å². The van der Waals surface area contributed by atoms with Crippen LogP contribution in [0.4, 0.5) is 0 Å². The Morgan fingerprint density at radius 2 is 1.95 bits per heavy atom. The molecule has 0 bridgehead atoms. The first-order valence-electron chi connectivity index (χ1n) is 6.37. The summed E-state index contributed by atoms with van der Waals surface area (Å²) in [5, 5.41) is 14.5. The van der Waals surface area contributed by atoms with Crippen LogP contribution in [-0.2, 0) is 14.3 Å². The Hall–Kier alpha value is -1.61. The van der Waals surface area contributed by atoms with E-state index in [0.29, 0.717) is 26.1 Å². The summed E-state index contributed by atoms with van der Waals surface area (Å²) in [7, 11) is 1.56. The first-order chi connectivity index (χ1) is 8.88. The van der Waals surface area contributed by atoms with Crippen molar-refractivity contribution in [3.05, 3.63) is 0 Å². The second-order valence-corrected chi connectivity index (χ2v) is 5.45. The zero-order chi connectivity index (χ0) is 14.5. The highest BCUT2D eigenvalue weighted by molar-refractivity contribution is 5.87. The molecule has 1 saturated heterocycles. The number of amides is 2. The third-order valence-corrected chi connectivity index (χ3v) is 3.53. The van der Waals surface area contributed by atoms with Crippen LogP contribution in [0.1, 0.15) is 26.7 Å². The number of hydrogen-bond donors (Lipinski definition) is 2. The van der Waals surface area contributed by atoms with Gasteiger partial charge in [0.2, 0.25) is 11.8 Å². The van der Waals surface area contributed by atoms with E-state index in [1.165, 1.54) is 0 Å². The molecule has 19 heavy (non-hydrogen) atoms. The highest BCUT2D eigenvalue weighted by Crippen LogP contribution is 2.30. The molecule has 1 heterocycles. The molecule has 6 heteroatoms. The summed E-state index contributed by atoms with van der Waals surface area (Å²) >= 11 is 0. The number of carbonyl (C=O) groups is 2. The van der Waals surface area contributed by atoms with Crippen LogP contribution in [0.3, 0.4) is 0 Å². The van der Waals surface area contributed by atoms with Crippen LogP contribution in [0, 0.1) is 22.2 Å². The van der Waals surface area contributed by atoms with Crippen molar-refractivity contribution in [2.24, 2.45) is 10.8 Å². The largest absolute Gasteiger partial charge is 0.381 e. The average Bonchev–Trinajstić information content (AvgIpc) is 2.44. The molecule has 0 saturated carbocycles. The summed E-state index contributed by atoms with van der Waals surface area (Å²) in [5.74, 6) is -0.457. The van der Waals surface area contributed by atoms with Gasteiger partial charge in [0.15, 0.2) is 0 Å². The van der Waals surface area contributed by atoms with E-state index in [4.69, 9.17) is 4.74 Å². The zero-order valence-corrected chi connectivity index (χ0v) is 11.7. The summed E-state index contributed by atoms with van der Waals surface area (Å²) in [4.78, 5) is 23.8. The third kappa shape index (κ3) is 3.44. The number of ether oxygens (including phenoxy) is 1. The van der Waals surface area contributed by atoms with Gasteiger partial charge in [0.05, 0.1) is 11.5 Å². The van der Waals surface area contributed by atoms with Crippen LogP contribution < -0.4 is 10.6 Å². The molecule has 0 unspecified atom stereocenters. The lowest BCUT2D eigenvalue weighted by Gasteiger charge is -2.31. The van der Waals surface area contributed by atoms with Gasteiger partial charge in [0, 0.05) is 26.8 Å². The van der Waals surface area contributed by atoms with E-state index in [1.54, 1.807) is 20.9 Å². The molecule has 0 spiro atoms. The summed E-state index contributed by atoms with van der Waals surface area (Å²) in [5.41, 5.74) is -1.72. The van der Waals surface area contributed by atoms with Crippen LogP contribution >= 0.6 is 0 Å². The molecular formula is C13H21N3O3. The number of carbonyl (C=O) groups excluding carboxylic acids is 2. The van der Waals surface area contributed by atoms with Crippen molar-refractivity contribution < 1.29 is 14.3 Å². The molecule has 0 aromatic rings. The molecule has 0 radical (unpaired) electrons. The highest BCUT2D eigenvalue weighted by atomic mass is 16.5. The van der Waals surface area contributed by atoms with Crippen molar-refractivity contribution in [2.75, 3.05) is 26.8 Å². The smallest absolute Gasteiger partial charge is 0.240 e. The Morgan fingerprint density at radius 1 is 1.37 bits per heavy atom. The van der Waals surface area contributed by atoms with E-state index >= 15 is 0 Å². The SMILES string of the molecule is CNC(=O)C(C)(C)CNC(=O)C1(C#N)CCOCC1. The third-order valence-electron chi connectivity index (χ3n) is 3.53. The van der Waals surface area contributed by atoms with Crippen LogP contribution in [0.5, 0.6) is 0 Å². The summed E-state index contributed by atoms with van der Waals surface area (Å²) in [6, 6.07) is 2.10. The molecule has 1 rings (SSSR count). The minimum atomic E-state index is -1.02. The molecule has 1 aliphatic rings. The Balaban J connectivity index is 2.64. The van der Waals surface area contributed by atoms with Crippen LogP contribution in [0.2, 0.25) is 0 Å². The molecule has 1 fully saturated rings. The van der Waals surface area contributed by atoms with E-state index in [1.807, 2.05) is 0 Å². The predicted molar refractivity (Wildman–Crippen MR) is 69.0 cm³/mol. The number of nitrogens with zero attached hydrogens (tertiary/aromatic N) is 1. The Kier molecular flexibility index (Phi) is 4.90. The van der Waals surface area contributed by atoms with Gasteiger partial charge in [-0.05, 0) is 26.7 Å². The molecule has 0 aliphatic carbocycles. The van der Waals surface area contributed by atoms with Crippen LogP contribution in [-0.4, -0.2) is 38.6 Å². The predicted octanol–water partition coefficient (Wildman–Crippen LogP) is 0.195. The van der Waals surface area contributed by atoms with Crippen molar-refractivity contribution in [3.63, 3.8) is 0 Å². The normalized spacial score (nSPS) is 18.2. The van der Waals surface area contributed by atoms with Gasteiger partial charge in [-0.3, -0.25) is 9.59 Å². The maximum absolute atomic E-state index is 12.2. The number of rotatable bonds is 4. The maximum atomic E-state index is 12.2. The lowest BCUT2D eigenvalue weighted by molar-refractivity contribution is -0.134. The Labute approximate surface area is 113 Å². The molecule has 0 atom stereocenters. The monoisotopic (exact) mass is 267 g/mol. The molecule has 1 aliphatic heterocycles. The fraction of sp³-hybridized carbons (Fsp3) is 0.769. The number of nitrogens with one attached hydrogen (secondary N) is 2. The molecule has 0 aromatic heterocycles. The molecular weight excluding hydrogens is 246 g/mol. The van der Waals surface area contributed by atoms with Crippen molar-refractivity contribution in [3.8, 4) is 6.07 Å². The number of hydrogen-bond acceptors (Lipinski definition) is 4. The van der Waals surface area contributed by atoms with Gasteiger partial charge in [-0.25, -0.2) is 0 Å². The van der Waals surface area contributed by atoms with Gasteiger partial charge in [0.25, 0.3) is 0 Å². The second-order valence-electron chi connectivity index (χ2n) is 5.45. The standard InChI is InChI=1S/C13H21N3O3/c1-12(2,10(17)15-3)9-16-11(18)13(8-14)4-6-19-7-5-13/h4-7,9H2,1-3H3,(H,15,17)(H,16,18). The fourth-order valence-corrected chi connectivity index (χ4v) is 2.00. The van der Waals surface area contributed by atoms with Gasteiger partial charge in [-0.1, -0.05) is 0 Å². The summed E-state index contributed by atoms with van der Waals surface area (Å²) < 4.78 is 5.18. The van der Waals surface area contributed by atoms with Gasteiger partial charge in [-0.2, -0.15) is 5.26 Å². The van der Waals surface area contributed by atoms with Crippen LogP contribution in [0.25, 0.3) is 0 Å². The fourth-order valence-electron chi connectivity index (χ4n) is 2.00. The Bertz CT molecular complexity index is 392. The van der Waals surface area contributed by atoms with Gasteiger partial charge in [-0.15, -0.1) is 0 Å². The second kappa shape index (κ2) is 6.02. The molecule has 0 aromatic carbocycles. The van der Waals surface area contributed by atoms with Crippen LogP contribution in [0.15, 0.2) is 0 Å². The lowest BCUT2D eigenvalue weighted by Crippen LogP contribution is -2.49. The molecule has 106 valence electrons. The minimum Gasteiger partial charge on any atom is -0.381 e. The first-order valence-corrected chi connectivity index (χ1v) is 6.37. The van der Waals surface area contributed by atoms with Crippen molar-refractivity contribution in [2.45, 2.75) is 26.7 Å². The van der Waals surface area contributed by atoms with Crippen molar-refractivity contribution in [1.29, 1.82) is 5.26 Å². The zero-order valence-electron chi connectivity index (χ0n) is 11.7. The topological polar surface area (TPSA) is 91.2 Å². The lowest BCUT2D eigenvalue weighted by atomic mass is 9.80. The van der Waals surface area contributed by atoms with E-state index in [0.717, 1.165) is 0 Å². The highest BCUT2D eigenvalue weighted by Gasteiger charge is 2.41. The quantitative estimate of drug-likeness (QED) is 0.761. The first kappa shape index (κ1) is 15.4. The summed E-state index contributed by atoms with van der Waals surface area (Å²) in [6.07, 6.45) is 0.797. The molecule has 2 N–H and O–H groups in total. The van der Waals surface area contributed by atoms with Crippen molar-refractivity contribution >= 4 is 11.8 Å². The van der Waals surface area contributed by atoms with Crippen molar-refractivity contribution in [1.82, 2.24) is 10.6 Å². The van der Waals surface area contributed by atoms with E-state index < -0.39 is 10.8 Å². The van der Waals surface area contributed by atoms with E-state index in [-0.39, 0.29) is 18.4 Å².